The Bertz CT molecular complexity index is 381. The minimum Gasteiger partial charge on any atom is -0.397 e. The number of halogens is 1. The van der Waals surface area contributed by atoms with Crippen LogP contribution >= 0.6 is 0 Å². The Balaban J connectivity index is 2.20. The van der Waals surface area contributed by atoms with Gasteiger partial charge in [-0.25, -0.2) is 4.39 Å². The molecular weight excluding hydrogens is 205 g/mol. The van der Waals surface area contributed by atoms with E-state index in [-0.39, 0.29) is 5.82 Å². The Labute approximate surface area is 95.6 Å². The van der Waals surface area contributed by atoms with Gasteiger partial charge in [0.15, 0.2) is 0 Å². The highest BCUT2D eigenvalue weighted by Gasteiger charge is 2.24. The molecule has 1 aliphatic heterocycles. The summed E-state index contributed by atoms with van der Waals surface area (Å²) in [7, 11) is 4.08. The molecule has 1 saturated heterocycles. The van der Waals surface area contributed by atoms with E-state index < -0.39 is 0 Å². The molecule has 0 bridgehead atoms. The number of rotatable bonds is 2. The summed E-state index contributed by atoms with van der Waals surface area (Å²) in [6.07, 6.45) is 1.10. The lowest BCUT2D eigenvalue weighted by molar-refractivity contribution is 0.409. The van der Waals surface area contributed by atoms with Gasteiger partial charge in [0.25, 0.3) is 0 Å². The zero-order chi connectivity index (χ0) is 11.7. The van der Waals surface area contributed by atoms with Gasteiger partial charge in [-0.15, -0.1) is 0 Å². The summed E-state index contributed by atoms with van der Waals surface area (Å²) in [6, 6.07) is 4.95. The van der Waals surface area contributed by atoms with E-state index >= 15 is 0 Å². The number of nitrogens with zero attached hydrogens (tertiary/aromatic N) is 2. The molecular formula is C12H18FN3. The van der Waals surface area contributed by atoms with E-state index in [0.717, 1.165) is 25.2 Å². The minimum absolute atomic E-state index is 0.234. The molecule has 4 heteroatoms. The highest BCUT2D eigenvalue weighted by atomic mass is 19.1. The second kappa shape index (κ2) is 4.29. The minimum atomic E-state index is -0.234. The number of likely N-dealkylation sites (N-methyl/N-ethyl adjacent to an activating group) is 2. The zero-order valence-corrected chi connectivity index (χ0v) is 9.78. The first-order valence-electron chi connectivity index (χ1n) is 5.54. The van der Waals surface area contributed by atoms with Crippen molar-refractivity contribution in [2.75, 3.05) is 37.8 Å². The molecule has 1 fully saturated rings. The van der Waals surface area contributed by atoms with Crippen LogP contribution in [0.5, 0.6) is 0 Å². The molecule has 0 saturated carbocycles. The van der Waals surface area contributed by atoms with Crippen LogP contribution in [0.1, 0.15) is 6.42 Å². The van der Waals surface area contributed by atoms with Crippen LogP contribution in [0.15, 0.2) is 18.2 Å². The van der Waals surface area contributed by atoms with Crippen molar-refractivity contribution in [1.82, 2.24) is 4.90 Å². The number of anilines is 2. The Kier molecular flexibility index (Phi) is 3.01. The smallest absolute Gasteiger partial charge is 0.125 e. The lowest BCUT2D eigenvalue weighted by atomic mass is 10.2. The topological polar surface area (TPSA) is 32.5 Å². The number of benzene rings is 1. The average molecular weight is 223 g/mol. The zero-order valence-electron chi connectivity index (χ0n) is 9.78. The second-order valence-corrected chi connectivity index (χ2v) is 4.52. The first kappa shape index (κ1) is 11.2. The van der Waals surface area contributed by atoms with Crippen LogP contribution in [0.3, 0.4) is 0 Å². The largest absolute Gasteiger partial charge is 0.397 e. The maximum atomic E-state index is 13.2. The number of nitrogen functional groups attached to an aromatic ring is 1. The van der Waals surface area contributed by atoms with Crippen molar-refractivity contribution in [3.05, 3.63) is 24.0 Å². The molecule has 16 heavy (non-hydrogen) atoms. The average Bonchev–Trinajstić information content (AvgIpc) is 2.67. The lowest BCUT2D eigenvalue weighted by Crippen LogP contribution is -2.34. The van der Waals surface area contributed by atoms with E-state index in [1.165, 1.54) is 12.1 Å². The summed E-state index contributed by atoms with van der Waals surface area (Å²) in [5.41, 5.74) is 7.30. The molecule has 0 aromatic heterocycles. The molecule has 88 valence electrons. The van der Waals surface area contributed by atoms with Crippen LogP contribution in [-0.2, 0) is 0 Å². The summed E-state index contributed by atoms with van der Waals surface area (Å²) in [4.78, 5) is 4.36. The predicted octanol–water partition coefficient (Wildman–Crippen LogP) is 1.55. The van der Waals surface area contributed by atoms with Crippen LogP contribution in [0.25, 0.3) is 0 Å². The number of nitrogens with two attached hydrogens (primary N) is 1. The van der Waals surface area contributed by atoms with Crippen molar-refractivity contribution in [3.63, 3.8) is 0 Å². The third-order valence-corrected chi connectivity index (χ3v) is 3.29. The Hall–Kier alpha value is -1.29. The van der Waals surface area contributed by atoms with Crippen LogP contribution < -0.4 is 10.6 Å². The molecule has 0 aliphatic carbocycles. The normalized spacial score (nSPS) is 21.3. The van der Waals surface area contributed by atoms with Crippen LogP contribution in [0.4, 0.5) is 15.8 Å². The van der Waals surface area contributed by atoms with Crippen molar-refractivity contribution >= 4 is 11.4 Å². The van der Waals surface area contributed by atoms with Crippen molar-refractivity contribution in [3.8, 4) is 0 Å². The molecule has 1 atom stereocenters. The van der Waals surface area contributed by atoms with Crippen molar-refractivity contribution in [1.29, 1.82) is 0 Å². The summed E-state index contributed by atoms with van der Waals surface area (Å²) >= 11 is 0. The summed E-state index contributed by atoms with van der Waals surface area (Å²) in [5, 5.41) is 0. The SMILES string of the molecule is CN1CCC(N(C)c2cc(F)ccc2N)C1. The van der Waals surface area contributed by atoms with Gasteiger partial charge in [-0.05, 0) is 38.2 Å². The van der Waals surface area contributed by atoms with E-state index in [4.69, 9.17) is 5.73 Å². The fraction of sp³-hybridized carbons (Fsp3) is 0.500. The monoisotopic (exact) mass is 223 g/mol. The third-order valence-electron chi connectivity index (χ3n) is 3.29. The number of hydrogen-bond donors (Lipinski definition) is 1. The molecule has 2 rings (SSSR count). The fourth-order valence-electron chi connectivity index (χ4n) is 2.25. The summed E-state index contributed by atoms with van der Waals surface area (Å²) in [6.45, 7) is 2.09. The van der Waals surface area contributed by atoms with Gasteiger partial charge in [0.1, 0.15) is 5.82 Å². The molecule has 3 nitrogen and oxygen atoms in total. The van der Waals surface area contributed by atoms with Gasteiger partial charge in [0, 0.05) is 19.6 Å². The van der Waals surface area contributed by atoms with Gasteiger partial charge in [0.05, 0.1) is 11.4 Å². The van der Waals surface area contributed by atoms with Crippen LogP contribution in [0, 0.1) is 5.82 Å². The van der Waals surface area contributed by atoms with E-state index in [1.54, 1.807) is 6.07 Å². The van der Waals surface area contributed by atoms with Crippen molar-refractivity contribution < 1.29 is 4.39 Å². The van der Waals surface area contributed by atoms with E-state index in [1.807, 2.05) is 7.05 Å². The van der Waals surface area contributed by atoms with E-state index in [9.17, 15) is 4.39 Å². The summed E-state index contributed by atoms with van der Waals surface area (Å²) in [5.74, 6) is -0.234. The highest BCUT2D eigenvalue weighted by Crippen LogP contribution is 2.27. The van der Waals surface area contributed by atoms with Gasteiger partial charge < -0.3 is 15.5 Å². The number of likely N-dealkylation sites (tertiary alicyclic amines) is 1. The predicted molar refractivity (Wildman–Crippen MR) is 65.1 cm³/mol. The molecule has 1 unspecified atom stereocenters. The quantitative estimate of drug-likeness (QED) is 0.772. The standard InChI is InChI=1S/C12H18FN3/c1-15-6-5-10(8-15)16(2)12-7-9(13)3-4-11(12)14/h3-4,7,10H,5-6,8,14H2,1-2H3. The molecule has 0 radical (unpaired) electrons. The molecule has 1 aliphatic rings. The highest BCUT2D eigenvalue weighted by molar-refractivity contribution is 5.67. The Morgan fingerprint density at radius 2 is 2.25 bits per heavy atom. The van der Waals surface area contributed by atoms with E-state index in [2.05, 4.69) is 16.8 Å². The fourth-order valence-corrected chi connectivity index (χ4v) is 2.25. The Morgan fingerprint density at radius 3 is 2.88 bits per heavy atom. The first-order valence-corrected chi connectivity index (χ1v) is 5.54. The molecule has 1 aromatic carbocycles. The number of hydrogen-bond acceptors (Lipinski definition) is 3. The van der Waals surface area contributed by atoms with Crippen LogP contribution in [-0.4, -0.2) is 38.1 Å². The van der Waals surface area contributed by atoms with Gasteiger partial charge in [-0.1, -0.05) is 0 Å². The molecule has 0 amide bonds. The maximum Gasteiger partial charge on any atom is 0.125 e. The van der Waals surface area contributed by atoms with E-state index in [0.29, 0.717) is 11.7 Å². The van der Waals surface area contributed by atoms with Gasteiger partial charge >= 0.3 is 0 Å². The van der Waals surface area contributed by atoms with Crippen molar-refractivity contribution in [2.24, 2.45) is 0 Å². The Morgan fingerprint density at radius 1 is 1.50 bits per heavy atom. The molecule has 0 spiro atoms. The van der Waals surface area contributed by atoms with Crippen molar-refractivity contribution in [2.45, 2.75) is 12.5 Å². The molecule has 1 aromatic rings. The molecule has 2 N–H and O–H groups in total. The summed E-state index contributed by atoms with van der Waals surface area (Å²) < 4.78 is 13.2. The third kappa shape index (κ3) is 2.11. The molecule has 1 heterocycles. The van der Waals surface area contributed by atoms with Gasteiger partial charge in [-0.3, -0.25) is 0 Å². The van der Waals surface area contributed by atoms with Gasteiger partial charge in [0.2, 0.25) is 0 Å². The second-order valence-electron chi connectivity index (χ2n) is 4.52. The van der Waals surface area contributed by atoms with Crippen LogP contribution in [0.2, 0.25) is 0 Å². The maximum absolute atomic E-state index is 13.2. The van der Waals surface area contributed by atoms with Gasteiger partial charge in [-0.2, -0.15) is 0 Å². The lowest BCUT2D eigenvalue weighted by Gasteiger charge is -2.27. The first-order chi connectivity index (χ1) is 7.58.